The number of ether oxygens (including phenoxy) is 1. The number of ketones is 1. The molecule has 1 aliphatic rings. The number of hydrogen-bond donors (Lipinski definition) is 0. The van der Waals surface area contributed by atoms with Crippen LogP contribution >= 0.6 is 11.8 Å². The van der Waals surface area contributed by atoms with E-state index in [1.54, 1.807) is 31.9 Å². The first-order valence-corrected chi connectivity index (χ1v) is 11.4. The van der Waals surface area contributed by atoms with Crippen LogP contribution in [0.4, 0.5) is 0 Å². The number of aryl methyl sites for hydroxylation is 1. The molecule has 0 atom stereocenters. The molecule has 0 aromatic heterocycles. The predicted octanol–water partition coefficient (Wildman–Crippen LogP) is 3.78. The third-order valence-electron chi connectivity index (χ3n) is 5.55. The van der Waals surface area contributed by atoms with Crippen LogP contribution in [0.15, 0.2) is 42.5 Å². The van der Waals surface area contributed by atoms with Gasteiger partial charge in [0.2, 0.25) is 5.91 Å². The first kappa shape index (κ1) is 22.4. The highest BCUT2D eigenvalue weighted by molar-refractivity contribution is 7.99. The number of amides is 1. The van der Waals surface area contributed by atoms with Crippen molar-refractivity contribution >= 4 is 23.5 Å². The van der Waals surface area contributed by atoms with Gasteiger partial charge >= 0.3 is 0 Å². The first-order chi connectivity index (χ1) is 14.5. The van der Waals surface area contributed by atoms with Gasteiger partial charge in [0, 0.05) is 49.6 Å². The highest BCUT2D eigenvalue weighted by Crippen LogP contribution is 2.25. The van der Waals surface area contributed by atoms with Crippen molar-refractivity contribution in [1.29, 1.82) is 0 Å². The summed E-state index contributed by atoms with van der Waals surface area (Å²) in [6.07, 6.45) is 0. The number of methoxy groups -OCH3 is 1. The van der Waals surface area contributed by atoms with Crippen molar-refractivity contribution in [3.63, 3.8) is 0 Å². The predicted molar refractivity (Wildman–Crippen MR) is 122 cm³/mol. The summed E-state index contributed by atoms with van der Waals surface area (Å²) in [4.78, 5) is 28.6. The summed E-state index contributed by atoms with van der Waals surface area (Å²) in [6.45, 7) is 7.99. The highest BCUT2D eigenvalue weighted by Gasteiger charge is 2.21. The maximum absolute atomic E-state index is 12.6. The SMILES string of the molecule is COc1ccc(C(C)=O)cc1CSCC(=O)N1CCN(Cc2ccccc2C)CC1. The van der Waals surface area contributed by atoms with Crippen molar-refractivity contribution in [3.8, 4) is 5.75 Å². The molecule has 1 amide bonds. The van der Waals surface area contributed by atoms with Gasteiger partial charge in [0.1, 0.15) is 5.75 Å². The molecule has 0 N–H and O–H groups in total. The summed E-state index contributed by atoms with van der Waals surface area (Å²) in [7, 11) is 1.62. The highest BCUT2D eigenvalue weighted by atomic mass is 32.2. The molecule has 3 rings (SSSR count). The number of benzene rings is 2. The molecule has 5 nitrogen and oxygen atoms in total. The largest absolute Gasteiger partial charge is 0.496 e. The summed E-state index contributed by atoms with van der Waals surface area (Å²) < 4.78 is 5.40. The number of carbonyl (C=O) groups is 2. The molecule has 0 saturated carbocycles. The zero-order chi connectivity index (χ0) is 21.5. The van der Waals surface area contributed by atoms with E-state index in [1.165, 1.54) is 11.1 Å². The van der Waals surface area contributed by atoms with E-state index in [0.717, 1.165) is 44.0 Å². The summed E-state index contributed by atoms with van der Waals surface area (Å²) in [5.41, 5.74) is 4.29. The molecule has 30 heavy (non-hydrogen) atoms. The van der Waals surface area contributed by atoms with E-state index < -0.39 is 0 Å². The Labute approximate surface area is 183 Å². The van der Waals surface area contributed by atoms with E-state index in [-0.39, 0.29) is 11.7 Å². The minimum atomic E-state index is 0.0311. The van der Waals surface area contributed by atoms with Gasteiger partial charge in [-0.15, -0.1) is 11.8 Å². The van der Waals surface area contributed by atoms with E-state index in [9.17, 15) is 9.59 Å². The molecule has 0 aliphatic carbocycles. The summed E-state index contributed by atoms with van der Waals surface area (Å²) in [6, 6.07) is 13.9. The maximum Gasteiger partial charge on any atom is 0.232 e. The van der Waals surface area contributed by atoms with Crippen LogP contribution in [0.5, 0.6) is 5.75 Å². The van der Waals surface area contributed by atoms with Gasteiger partial charge < -0.3 is 9.64 Å². The van der Waals surface area contributed by atoms with Gasteiger partial charge in [-0.05, 0) is 43.2 Å². The third kappa shape index (κ3) is 5.86. The van der Waals surface area contributed by atoms with Crippen LogP contribution < -0.4 is 4.74 Å². The van der Waals surface area contributed by atoms with Crippen LogP contribution in [0.25, 0.3) is 0 Å². The topological polar surface area (TPSA) is 49.9 Å². The monoisotopic (exact) mass is 426 g/mol. The van der Waals surface area contributed by atoms with Crippen LogP contribution in [-0.4, -0.2) is 60.5 Å². The smallest absolute Gasteiger partial charge is 0.232 e. The second kappa shape index (κ2) is 10.6. The normalized spacial score (nSPS) is 14.6. The van der Waals surface area contributed by atoms with Crippen molar-refractivity contribution in [2.75, 3.05) is 39.0 Å². The Balaban J connectivity index is 1.46. The molecule has 1 saturated heterocycles. The number of piperazine rings is 1. The second-order valence-electron chi connectivity index (χ2n) is 7.66. The lowest BCUT2D eigenvalue weighted by atomic mass is 10.1. The number of nitrogens with zero attached hydrogens (tertiary/aromatic N) is 2. The van der Waals surface area contributed by atoms with Crippen LogP contribution in [-0.2, 0) is 17.1 Å². The van der Waals surface area contributed by atoms with Gasteiger partial charge in [0.15, 0.2) is 5.78 Å². The fourth-order valence-electron chi connectivity index (χ4n) is 3.63. The number of rotatable bonds is 8. The van der Waals surface area contributed by atoms with Crippen molar-refractivity contribution in [1.82, 2.24) is 9.80 Å². The van der Waals surface area contributed by atoms with E-state index in [2.05, 4.69) is 36.1 Å². The number of thioether (sulfide) groups is 1. The molecule has 0 unspecified atom stereocenters. The van der Waals surface area contributed by atoms with Gasteiger partial charge in [-0.25, -0.2) is 0 Å². The molecule has 1 heterocycles. The van der Waals surface area contributed by atoms with E-state index in [1.807, 2.05) is 17.0 Å². The minimum Gasteiger partial charge on any atom is -0.496 e. The van der Waals surface area contributed by atoms with E-state index >= 15 is 0 Å². The summed E-state index contributed by atoms with van der Waals surface area (Å²) >= 11 is 1.57. The van der Waals surface area contributed by atoms with Crippen LogP contribution in [0.3, 0.4) is 0 Å². The fourth-order valence-corrected chi connectivity index (χ4v) is 4.54. The Kier molecular flexibility index (Phi) is 7.94. The number of carbonyl (C=O) groups excluding carboxylic acids is 2. The molecule has 160 valence electrons. The van der Waals surface area contributed by atoms with E-state index in [4.69, 9.17) is 4.74 Å². The Hall–Kier alpha value is -2.31. The molecule has 0 spiro atoms. The zero-order valence-corrected chi connectivity index (χ0v) is 18.8. The third-order valence-corrected chi connectivity index (χ3v) is 6.52. The van der Waals surface area contributed by atoms with Gasteiger partial charge in [-0.2, -0.15) is 0 Å². The quantitative estimate of drug-likeness (QED) is 0.601. The number of Topliss-reactive ketones (excluding diaryl/α,β-unsaturated/α-hetero) is 1. The first-order valence-electron chi connectivity index (χ1n) is 10.3. The van der Waals surface area contributed by atoms with Crippen molar-refractivity contribution in [3.05, 3.63) is 64.7 Å². The number of hydrogen-bond acceptors (Lipinski definition) is 5. The van der Waals surface area contributed by atoms with Gasteiger partial charge in [-0.3, -0.25) is 14.5 Å². The molecule has 0 radical (unpaired) electrons. The molecule has 6 heteroatoms. The van der Waals surface area contributed by atoms with Crippen LogP contribution in [0.1, 0.15) is 34.0 Å². The summed E-state index contributed by atoms with van der Waals surface area (Å²) in [5, 5.41) is 0. The Bertz CT molecular complexity index is 892. The molecule has 2 aromatic rings. The molecule has 1 fully saturated rings. The molecule has 1 aliphatic heterocycles. The Morgan fingerprint density at radius 2 is 1.77 bits per heavy atom. The van der Waals surface area contributed by atoms with Gasteiger partial charge in [0.05, 0.1) is 12.9 Å². The van der Waals surface area contributed by atoms with Gasteiger partial charge in [-0.1, -0.05) is 24.3 Å². The van der Waals surface area contributed by atoms with Crippen molar-refractivity contribution < 1.29 is 14.3 Å². The lowest BCUT2D eigenvalue weighted by molar-refractivity contribution is -0.130. The van der Waals surface area contributed by atoms with Crippen LogP contribution in [0.2, 0.25) is 0 Å². The Morgan fingerprint density at radius 3 is 2.43 bits per heavy atom. The average molecular weight is 427 g/mol. The molecule has 0 bridgehead atoms. The summed E-state index contributed by atoms with van der Waals surface area (Å²) in [5.74, 6) is 2.04. The lowest BCUT2D eigenvalue weighted by Crippen LogP contribution is -2.48. The Morgan fingerprint density at radius 1 is 1.03 bits per heavy atom. The zero-order valence-electron chi connectivity index (χ0n) is 18.0. The fraction of sp³-hybridized carbons (Fsp3) is 0.417. The van der Waals surface area contributed by atoms with Crippen molar-refractivity contribution in [2.24, 2.45) is 0 Å². The molecule has 2 aromatic carbocycles. The van der Waals surface area contributed by atoms with Gasteiger partial charge in [0.25, 0.3) is 0 Å². The minimum absolute atomic E-state index is 0.0311. The lowest BCUT2D eigenvalue weighted by Gasteiger charge is -2.35. The van der Waals surface area contributed by atoms with Crippen LogP contribution in [0, 0.1) is 6.92 Å². The standard InChI is InChI=1S/C24H30N2O3S/c1-18-6-4-5-7-21(18)15-25-10-12-26(13-11-25)24(28)17-30-16-22-14-20(19(2)27)8-9-23(22)29-3/h4-9,14H,10-13,15-17H2,1-3H3. The van der Waals surface area contributed by atoms with E-state index in [0.29, 0.717) is 17.1 Å². The van der Waals surface area contributed by atoms with Crippen molar-refractivity contribution in [2.45, 2.75) is 26.1 Å². The second-order valence-corrected chi connectivity index (χ2v) is 8.64. The molecular formula is C24H30N2O3S. The maximum atomic E-state index is 12.6. The average Bonchev–Trinajstić information content (AvgIpc) is 2.75. The molecular weight excluding hydrogens is 396 g/mol.